The number of methoxy groups -OCH3 is 1. The van der Waals surface area contributed by atoms with Gasteiger partial charge in [-0.15, -0.1) is 0 Å². The van der Waals surface area contributed by atoms with Crippen LogP contribution in [0.4, 0.5) is 0 Å². The first kappa shape index (κ1) is 13.6. The van der Waals surface area contributed by atoms with Crippen LogP contribution in [0.15, 0.2) is 24.5 Å². The van der Waals surface area contributed by atoms with E-state index in [1.54, 1.807) is 24.3 Å². The first-order chi connectivity index (χ1) is 8.19. The maximum atomic E-state index is 11.8. The van der Waals surface area contributed by atoms with E-state index in [1.807, 2.05) is 12.1 Å². The van der Waals surface area contributed by atoms with E-state index in [2.05, 4.69) is 4.98 Å². The van der Waals surface area contributed by atoms with E-state index in [-0.39, 0.29) is 12.5 Å². The average molecular weight is 237 g/mol. The summed E-state index contributed by atoms with van der Waals surface area (Å²) in [5.74, 6) is -0.0796. The molecule has 1 heterocycles. The highest BCUT2D eigenvalue weighted by Gasteiger charge is 2.19. The van der Waals surface area contributed by atoms with E-state index in [1.165, 1.54) is 7.11 Å². The van der Waals surface area contributed by atoms with Gasteiger partial charge in [0.1, 0.15) is 6.10 Å². The number of carbonyl (C=O) groups is 1. The van der Waals surface area contributed by atoms with Crippen LogP contribution in [0.2, 0.25) is 0 Å². The molecule has 1 aromatic heterocycles. The highest BCUT2D eigenvalue weighted by atomic mass is 16.5. The first-order valence-electron chi connectivity index (χ1n) is 5.55. The standard InChI is InChI=1S/C12H19N3O2/c1-15(12(16)11(9-13)17-2)8-5-10-3-6-14-7-4-10/h3-4,6-7,11H,5,8-9,13H2,1-2H3. The second kappa shape index (κ2) is 6.98. The van der Waals surface area contributed by atoms with Gasteiger partial charge < -0.3 is 15.4 Å². The molecule has 1 rings (SSSR count). The van der Waals surface area contributed by atoms with Gasteiger partial charge in [0, 0.05) is 39.6 Å². The number of likely N-dealkylation sites (N-methyl/N-ethyl adjacent to an activating group) is 1. The lowest BCUT2D eigenvalue weighted by Crippen LogP contribution is -2.42. The minimum Gasteiger partial charge on any atom is -0.370 e. The van der Waals surface area contributed by atoms with E-state index in [4.69, 9.17) is 10.5 Å². The van der Waals surface area contributed by atoms with Crippen molar-refractivity contribution in [1.29, 1.82) is 0 Å². The largest absolute Gasteiger partial charge is 0.370 e. The summed E-state index contributed by atoms with van der Waals surface area (Å²) in [6.45, 7) is 0.845. The molecule has 94 valence electrons. The van der Waals surface area contributed by atoms with Crippen molar-refractivity contribution in [3.05, 3.63) is 30.1 Å². The second-order valence-corrected chi connectivity index (χ2v) is 3.83. The van der Waals surface area contributed by atoms with Gasteiger partial charge in [-0.05, 0) is 24.1 Å². The predicted octanol–water partition coefficient (Wildman–Crippen LogP) is 0.0562. The molecule has 0 aliphatic rings. The Bertz CT molecular complexity index is 339. The van der Waals surface area contributed by atoms with Crippen LogP contribution in [-0.4, -0.2) is 49.1 Å². The Balaban J connectivity index is 2.44. The third-order valence-corrected chi connectivity index (χ3v) is 2.64. The van der Waals surface area contributed by atoms with Crippen molar-refractivity contribution in [3.8, 4) is 0 Å². The summed E-state index contributed by atoms with van der Waals surface area (Å²) in [7, 11) is 3.25. The molecule has 0 fully saturated rings. The average Bonchev–Trinajstić information content (AvgIpc) is 2.38. The molecule has 17 heavy (non-hydrogen) atoms. The summed E-state index contributed by atoms with van der Waals surface area (Å²) in [5.41, 5.74) is 6.60. The Kier molecular flexibility index (Phi) is 5.59. The minimum absolute atomic E-state index is 0.0796. The monoisotopic (exact) mass is 237 g/mol. The van der Waals surface area contributed by atoms with Gasteiger partial charge in [0.2, 0.25) is 0 Å². The summed E-state index contributed by atoms with van der Waals surface area (Å²) in [4.78, 5) is 17.4. The number of nitrogens with two attached hydrogens (primary N) is 1. The Morgan fingerprint density at radius 1 is 1.53 bits per heavy atom. The van der Waals surface area contributed by atoms with Gasteiger partial charge in [-0.3, -0.25) is 9.78 Å². The third-order valence-electron chi connectivity index (χ3n) is 2.64. The quantitative estimate of drug-likeness (QED) is 0.759. The van der Waals surface area contributed by atoms with Crippen LogP contribution in [0.5, 0.6) is 0 Å². The molecule has 0 aliphatic carbocycles. The van der Waals surface area contributed by atoms with Gasteiger partial charge in [-0.25, -0.2) is 0 Å². The molecule has 1 aromatic rings. The summed E-state index contributed by atoms with van der Waals surface area (Å²) in [6, 6.07) is 3.88. The highest BCUT2D eigenvalue weighted by Crippen LogP contribution is 2.01. The van der Waals surface area contributed by atoms with Crippen molar-refractivity contribution in [2.45, 2.75) is 12.5 Å². The molecule has 1 amide bonds. The van der Waals surface area contributed by atoms with Crippen molar-refractivity contribution in [1.82, 2.24) is 9.88 Å². The van der Waals surface area contributed by atoms with Crippen molar-refractivity contribution >= 4 is 5.91 Å². The Hall–Kier alpha value is -1.46. The van der Waals surface area contributed by atoms with Crippen LogP contribution in [-0.2, 0) is 16.0 Å². The van der Waals surface area contributed by atoms with Crippen LogP contribution in [0.3, 0.4) is 0 Å². The molecule has 1 atom stereocenters. The van der Waals surface area contributed by atoms with Crippen molar-refractivity contribution in [3.63, 3.8) is 0 Å². The van der Waals surface area contributed by atoms with Crippen molar-refractivity contribution < 1.29 is 9.53 Å². The maximum Gasteiger partial charge on any atom is 0.252 e. The van der Waals surface area contributed by atoms with Gasteiger partial charge in [0.25, 0.3) is 5.91 Å². The van der Waals surface area contributed by atoms with E-state index < -0.39 is 6.10 Å². The van der Waals surface area contributed by atoms with Crippen molar-refractivity contribution in [2.24, 2.45) is 5.73 Å². The first-order valence-corrected chi connectivity index (χ1v) is 5.55. The molecule has 2 N–H and O–H groups in total. The number of nitrogens with zero attached hydrogens (tertiary/aromatic N) is 2. The number of hydrogen-bond acceptors (Lipinski definition) is 4. The van der Waals surface area contributed by atoms with Gasteiger partial charge >= 0.3 is 0 Å². The lowest BCUT2D eigenvalue weighted by molar-refractivity contribution is -0.139. The molecule has 0 bridgehead atoms. The molecule has 5 heteroatoms. The number of carbonyl (C=O) groups excluding carboxylic acids is 1. The number of aromatic nitrogens is 1. The fourth-order valence-corrected chi connectivity index (χ4v) is 1.50. The SMILES string of the molecule is COC(CN)C(=O)N(C)CCc1ccncc1. The number of rotatable bonds is 6. The fraction of sp³-hybridized carbons (Fsp3) is 0.500. The number of ether oxygens (including phenoxy) is 1. The molecule has 5 nitrogen and oxygen atoms in total. The molecule has 0 aliphatic heterocycles. The smallest absolute Gasteiger partial charge is 0.252 e. The van der Waals surface area contributed by atoms with Gasteiger partial charge in [-0.1, -0.05) is 0 Å². The summed E-state index contributed by atoms with van der Waals surface area (Å²) < 4.78 is 5.01. The minimum atomic E-state index is -0.544. The molecule has 0 saturated heterocycles. The van der Waals surface area contributed by atoms with E-state index in [0.29, 0.717) is 6.54 Å². The molecular weight excluding hydrogens is 218 g/mol. The predicted molar refractivity (Wildman–Crippen MR) is 65.4 cm³/mol. The topological polar surface area (TPSA) is 68.5 Å². The zero-order valence-corrected chi connectivity index (χ0v) is 10.3. The van der Waals surface area contributed by atoms with Crippen molar-refractivity contribution in [2.75, 3.05) is 27.2 Å². The van der Waals surface area contributed by atoms with Gasteiger partial charge in [0.15, 0.2) is 0 Å². The molecular formula is C12H19N3O2. The van der Waals surface area contributed by atoms with Crippen LogP contribution < -0.4 is 5.73 Å². The van der Waals surface area contributed by atoms with Crippen LogP contribution in [0.1, 0.15) is 5.56 Å². The Morgan fingerprint density at radius 3 is 2.71 bits per heavy atom. The second-order valence-electron chi connectivity index (χ2n) is 3.83. The normalized spacial score (nSPS) is 12.2. The molecule has 0 saturated carbocycles. The summed E-state index contributed by atoms with van der Waals surface area (Å²) in [5, 5.41) is 0. The van der Waals surface area contributed by atoms with E-state index >= 15 is 0 Å². The molecule has 0 aromatic carbocycles. The van der Waals surface area contributed by atoms with E-state index in [9.17, 15) is 4.79 Å². The lowest BCUT2D eigenvalue weighted by atomic mass is 10.2. The Labute approximate surface area is 102 Å². The van der Waals surface area contributed by atoms with Gasteiger partial charge in [0.05, 0.1) is 0 Å². The highest BCUT2D eigenvalue weighted by molar-refractivity contribution is 5.80. The zero-order valence-electron chi connectivity index (χ0n) is 10.3. The molecule has 0 spiro atoms. The van der Waals surface area contributed by atoms with E-state index in [0.717, 1.165) is 12.0 Å². The van der Waals surface area contributed by atoms with Crippen LogP contribution in [0.25, 0.3) is 0 Å². The van der Waals surface area contributed by atoms with Gasteiger partial charge in [-0.2, -0.15) is 0 Å². The van der Waals surface area contributed by atoms with Crippen LogP contribution in [0, 0.1) is 0 Å². The summed E-state index contributed by atoms with van der Waals surface area (Å²) >= 11 is 0. The molecule has 1 unspecified atom stereocenters. The number of amides is 1. The fourth-order valence-electron chi connectivity index (χ4n) is 1.50. The zero-order chi connectivity index (χ0) is 12.7. The number of hydrogen-bond donors (Lipinski definition) is 1. The van der Waals surface area contributed by atoms with Crippen LogP contribution >= 0.6 is 0 Å². The summed E-state index contributed by atoms with van der Waals surface area (Å²) in [6.07, 6.45) is 3.74. The molecule has 0 radical (unpaired) electrons. The number of pyridine rings is 1. The lowest BCUT2D eigenvalue weighted by Gasteiger charge is -2.21. The third kappa shape index (κ3) is 4.13. The maximum absolute atomic E-state index is 11.8. The Morgan fingerprint density at radius 2 is 2.18 bits per heavy atom.